The average molecular weight is 251 g/mol. The van der Waals surface area contributed by atoms with Crippen LogP contribution in [0.25, 0.3) is 10.9 Å². The molecule has 0 aliphatic rings. The summed E-state index contributed by atoms with van der Waals surface area (Å²) in [7, 11) is 0. The number of aromatic nitrogens is 1. The van der Waals surface area contributed by atoms with Crippen LogP contribution in [-0.4, -0.2) is 22.7 Å². The number of nitrogens with one attached hydrogen (secondary N) is 2. The smallest absolute Gasteiger partial charge is 0.240 e. The molecule has 0 bridgehead atoms. The number of para-hydroxylation sites is 1. The van der Waals surface area contributed by atoms with E-state index < -0.39 is 5.24 Å². The maximum atomic E-state index is 11.5. The number of hydrogen-bond acceptors (Lipinski definition) is 2. The molecule has 1 amide bonds. The second-order valence-electron chi connectivity index (χ2n) is 3.67. The van der Waals surface area contributed by atoms with Crippen LogP contribution in [0.15, 0.2) is 30.5 Å². The number of H-pyrrole nitrogens is 1. The van der Waals surface area contributed by atoms with Gasteiger partial charge in [-0.05, 0) is 23.2 Å². The van der Waals surface area contributed by atoms with Crippen molar-refractivity contribution in [3.05, 3.63) is 36.0 Å². The van der Waals surface area contributed by atoms with Crippen molar-refractivity contribution in [2.24, 2.45) is 0 Å². The highest BCUT2D eigenvalue weighted by Gasteiger charge is 2.08. The largest absolute Gasteiger partial charge is 0.361 e. The van der Waals surface area contributed by atoms with Crippen LogP contribution < -0.4 is 5.32 Å². The van der Waals surface area contributed by atoms with Crippen LogP contribution in [-0.2, 0) is 16.0 Å². The second kappa shape index (κ2) is 5.01. The number of amides is 1. The zero-order chi connectivity index (χ0) is 12.3. The predicted molar refractivity (Wildman–Crippen MR) is 65.9 cm³/mol. The first-order valence-corrected chi connectivity index (χ1v) is 5.54. The van der Waals surface area contributed by atoms with E-state index in [9.17, 15) is 9.59 Å². The Balaban J connectivity index is 2.08. The van der Waals surface area contributed by atoms with E-state index >= 15 is 0 Å². The molecule has 0 saturated heterocycles. The summed E-state index contributed by atoms with van der Waals surface area (Å²) in [6.07, 6.45) is 2.03. The second-order valence-corrected chi connectivity index (χ2v) is 4.09. The van der Waals surface area contributed by atoms with Crippen molar-refractivity contribution in [2.75, 3.05) is 6.54 Å². The maximum absolute atomic E-state index is 11.5. The number of halogens is 1. The summed E-state index contributed by atoms with van der Waals surface area (Å²) in [5, 5.41) is 2.89. The van der Waals surface area contributed by atoms with Crippen molar-refractivity contribution in [2.45, 2.75) is 6.42 Å². The van der Waals surface area contributed by atoms with Crippen LogP contribution in [0.5, 0.6) is 0 Å². The molecule has 0 fully saturated rings. The lowest BCUT2D eigenvalue weighted by Gasteiger charge is -2.01. The molecular weight excluding hydrogens is 240 g/mol. The molecule has 17 heavy (non-hydrogen) atoms. The van der Waals surface area contributed by atoms with E-state index in [0.717, 1.165) is 16.5 Å². The summed E-state index contributed by atoms with van der Waals surface area (Å²) in [6, 6.07) is 7.73. The highest BCUT2D eigenvalue weighted by molar-refractivity contribution is 6.64. The van der Waals surface area contributed by atoms with E-state index in [4.69, 9.17) is 11.6 Å². The first kappa shape index (κ1) is 11.7. The van der Waals surface area contributed by atoms with Gasteiger partial charge in [-0.15, -0.1) is 0 Å². The Hall–Kier alpha value is -1.81. The van der Waals surface area contributed by atoms with Crippen molar-refractivity contribution < 1.29 is 9.59 Å². The third-order valence-electron chi connectivity index (χ3n) is 2.45. The number of aromatic amines is 1. The van der Waals surface area contributed by atoms with Crippen molar-refractivity contribution in [1.29, 1.82) is 0 Å². The number of hydrogen-bond donors (Lipinski definition) is 2. The van der Waals surface area contributed by atoms with Crippen molar-refractivity contribution in [1.82, 2.24) is 10.3 Å². The van der Waals surface area contributed by atoms with Crippen LogP contribution in [0.4, 0.5) is 0 Å². The van der Waals surface area contributed by atoms with Crippen LogP contribution >= 0.6 is 11.6 Å². The molecule has 88 valence electrons. The fraction of sp³-hybridized carbons (Fsp3) is 0.167. The molecule has 0 aliphatic heterocycles. The minimum absolute atomic E-state index is 0.136. The summed E-state index contributed by atoms with van der Waals surface area (Å²) >= 11 is 5.14. The minimum Gasteiger partial charge on any atom is -0.361 e. The van der Waals surface area contributed by atoms with Gasteiger partial charge in [0.05, 0.1) is 13.0 Å². The van der Waals surface area contributed by atoms with Crippen molar-refractivity contribution in [3.8, 4) is 0 Å². The lowest BCUT2D eigenvalue weighted by atomic mass is 10.1. The van der Waals surface area contributed by atoms with Crippen LogP contribution in [0.1, 0.15) is 5.56 Å². The fourth-order valence-corrected chi connectivity index (χ4v) is 1.75. The Bertz CT molecular complexity index is 562. The lowest BCUT2D eigenvalue weighted by Crippen LogP contribution is -2.28. The molecule has 0 saturated carbocycles. The average Bonchev–Trinajstić information content (AvgIpc) is 2.70. The van der Waals surface area contributed by atoms with Gasteiger partial charge in [0.25, 0.3) is 0 Å². The van der Waals surface area contributed by atoms with Gasteiger partial charge in [0.2, 0.25) is 11.1 Å². The van der Waals surface area contributed by atoms with Gasteiger partial charge in [-0.1, -0.05) is 18.2 Å². The van der Waals surface area contributed by atoms with Gasteiger partial charge in [0, 0.05) is 17.1 Å². The molecule has 1 heterocycles. The summed E-state index contributed by atoms with van der Waals surface area (Å²) in [5.41, 5.74) is 1.89. The molecule has 0 unspecified atom stereocenters. The Morgan fingerprint density at radius 1 is 1.29 bits per heavy atom. The predicted octanol–water partition coefficient (Wildman–Crippen LogP) is 1.59. The monoisotopic (exact) mass is 250 g/mol. The zero-order valence-corrected chi connectivity index (χ0v) is 9.75. The van der Waals surface area contributed by atoms with Gasteiger partial charge >= 0.3 is 0 Å². The molecule has 0 radical (unpaired) electrons. The Labute approximate surface area is 103 Å². The van der Waals surface area contributed by atoms with Gasteiger partial charge in [0.1, 0.15) is 0 Å². The van der Waals surface area contributed by atoms with Crippen LogP contribution in [0, 0.1) is 0 Å². The first-order valence-electron chi connectivity index (χ1n) is 5.17. The fourth-order valence-electron chi connectivity index (χ4n) is 1.68. The van der Waals surface area contributed by atoms with E-state index in [-0.39, 0.29) is 18.9 Å². The Morgan fingerprint density at radius 2 is 2.06 bits per heavy atom. The quantitative estimate of drug-likeness (QED) is 0.810. The van der Waals surface area contributed by atoms with E-state index in [1.807, 2.05) is 24.3 Å². The molecule has 0 aliphatic carbocycles. The molecule has 2 rings (SSSR count). The van der Waals surface area contributed by atoms with Gasteiger partial charge in [-0.2, -0.15) is 0 Å². The Morgan fingerprint density at radius 3 is 2.82 bits per heavy atom. The SMILES string of the molecule is O=C(Cl)CNC(=O)Cc1c[nH]c2ccccc12. The molecule has 0 atom stereocenters. The van der Waals surface area contributed by atoms with Gasteiger partial charge < -0.3 is 10.3 Å². The van der Waals surface area contributed by atoms with Crippen LogP contribution in [0.3, 0.4) is 0 Å². The molecule has 4 nitrogen and oxygen atoms in total. The Kier molecular flexibility index (Phi) is 3.44. The number of carbonyl (C=O) groups excluding carboxylic acids is 2. The summed E-state index contributed by atoms with van der Waals surface area (Å²) < 4.78 is 0. The molecular formula is C12H11ClN2O2. The summed E-state index contributed by atoms with van der Waals surface area (Å²) in [5.74, 6) is -0.219. The van der Waals surface area contributed by atoms with Crippen LogP contribution in [0.2, 0.25) is 0 Å². The third-order valence-corrected chi connectivity index (χ3v) is 2.58. The lowest BCUT2D eigenvalue weighted by molar-refractivity contribution is -0.122. The normalized spacial score (nSPS) is 10.4. The maximum Gasteiger partial charge on any atom is 0.240 e. The molecule has 2 aromatic rings. The zero-order valence-electron chi connectivity index (χ0n) is 9.00. The minimum atomic E-state index is -0.572. The molecule has 0 spiro atoms. The molecule has 1 aromatic carbocycles. The van der Waals surface area contributed by atoms with E-state index in [1.165, 1.54) is 0 Å². The van der Waals surface area contributed by atoms with Crippen molar-refractivity contribution in [3.63, 3.8) is 0 Å². The highest BCUT2D eigenvalue weighted by Crippen LogP contribution is 2.17. The molecule has 5 heteroatoms. The highest BCUT2D eigenvalue weighted by atomic mass is 35.5. The standard InChI is InChI=1S/C12H11ClN2O2/c13-11(16)7-15-12(17)5-8-6-14-10-4-2-1-3-9(8)10/h1-4,6,14H,5,7H2,(H,15,17). The van der Waals surface area contributed by atoms with Gasteiger partial charge in [-0.3, -0.25) is 9.59 Å². The third kappa shape index (κ3) is 2.85. The molecule has 1 aromatic heterocycles. The number of carbonyl (C=O) groups is 2. The van der Waals surface area contributed by atoms with E-state index in [2.05, 4.69) is 10.3 Å². The topological polar surface area (TPSA) is 62.0 Å². The van der Waals surface area contributed by atoms with Gasteiger partial charge in [0.15, 0.2) is 0 Å². The number of benzene rings is 1. The van der Waals surface area contributed by atoms with Crippen molar-refractivity contribution >= 4 is 33.7 Å². The molecule has 2 N–H and O–H groups in total. The summed E-state index contributed by atoms with van der Waals surface area (Å²) in [6.45, 7) is -0.136. The summed E-state index contributed by atoms with van der Waals surface area (Å²) in [4.78, 5) is 25.1. The van der Waals surface area contributed by atoms with Gasteiger partial charge in [-0.25, -0.2) is 0 Å². The number of fused-ring (bicyclic) bond motifs is 1. The van der Waals surface area contributed by atoms with E-state index in [1.54, 1.807) is 6.20 Å². The number of rotatable bonds is 4. The van der Waals surface area contributed by atoms with E-state index in [0.29, 0.717) is 0 Å². The first-order chi connectivity index (χ1) is 8.16.